The van der Waals surface area contributed by atoms with Gasteiger partial charge in [0.25, 0.3) is 0 Å². The summed E-state index contributed by atoms with van der Waals surface area (Å²) < 4.78 is 0. The number of carbonyl (C=O) groups is 1. The highest BCUT2D eigenvalue weighted by atomic mass is 16.1. The number of hydrogen-bond donors (Lipinski definition) is 3. The standard InChI is InChI=1S/C8H15N5O/c9-4-3-8(14)10-5-1-2-7-11-6-12-13-7/h6H,1-5,9H2,(H,10,14)(H,11,12,13). The van der Waals surface area contributed by atoms with Gasteiger partial charge in [0.05, 0.1) is 0 Å². The van der Waals surface area contributed by atoms with Crippen LogP contribution in [0.4, 0.5) is 0 Å². The summed E-state index contributed by atoms with van der Waals surface area (Å²) in [7, 11) is 0. The number of carbonyl (C=O) groups excluding carboxylic acids is 1. The largest absolute Gasteiger partial charge is 0.356 e. The molecule has 0 unspecified atom stereocenters. The van der Waals surface area contributed by atoms with Crippen molar-refractivity contribution < 1.29 is 4.79 Å². The molecule has 6 heteroatoms. The van der Waals surface area contributed by atoms with Crippen molar-refractivity contribution in [3.05, 3.63) is 12.2 Å². The van der Waals surface area contributed by atoms with Crippen LogP contribution in [0, 0.1) is 0 Å². The third-order valence-electron chi connectivity index (χ3n) is 1.75. The summed E-state index contributed by atoms with van der Waals surface area (Å²) in [6.07, 6.45) is 3.51. The maximum absolute atomic E-state index is 11.0. The molecule has 0 spiro atoms. The molecule has 1 aromatic heterocycles. The molecule has 0 fully saturated rings. The molecule has 1 aromatic rings. The molecular formula is C8H15N5O. The van der Waals surface area contributed by atoms with Crippen LogP contribution in [0.25, 0.3) is 0 Å². The van der Waals surface area contributed by atoms with Gasteiger partial charge in [0.1, 0.15) is 12.2 Å². The van der Waals surface area contributed by atoms with Crippen LogP contribution in [-0.2, 0) is 11.2 Å². The molecule has 78 valence electrons. The van der Waals surface area contributed by atoms with Crippen molar-refractivity contribution in [1.29, 1.82) is 0 Å². The van der Waals surface area contributed by atoms with Crippen LogP contribution in [0.3, 0.4) is 0 Å². The minimum atomic E-state index is 0.00469. The summed E-state index contributed by atoms with van der Waals surface area (Å²) in [6.45, 7) is 1.05. The summed E-state index contributed by atoms with van der Waals surface area (Å²) in [5.41, 5.74) is 5.23. The highest BCUT2D eigenvalue weighted by Gasteiger charge is 1.99. The molecule has 1 heterocycles. The average Bonchev–Trinajstić information content (AvgIpc) is 2.65. The van der Waals surface area contributed by atoms with Crippen molar-refractivity contribution in [2.75, 3.05) is 13.1 Å². The van der Waals surface area contributed by atoms with Crippen LogP contribution < -0.4 is 11.1 Å². The van der Waals surface area contributed by atoms with E-state index in [0.717, 1.165) is 18.7 Å². The summed E-state index contributed by atoms with van der Waals surface area (Å²) in [4.78, 5) is 14.9. The van der Waals surface area contributed by atoms with Gasteiger partial charge in [-0.15, -0.1) is 0 Å². The molecule has 0 atom stereocenters. The van der Waals surface area contributed by atoms with E-state index in [0.29, 0.717) is 19.5 Å². The van der Waals surface area contributed by atoms with Crippen molar-refractivity contribution in [3.63, 3.8) is 0 Å². The molecule has 1 rings (SSSR count). The van der Waals surface area contributed by atoms with E-state index in [4.69, 9.17) is 5.73 Å². The molecule has 0 aliphatic rings. The first-order chi connectivity index (χ1) is 6.83. The fourth-order valence-electron chi connectivity index (χ4n) is 1.05. The third-order valence-corrected chi connectivity index (χ3v) is 1.75. The molecule has 1 amide bonds. The second-order valence-corrected chi connectivity index (χ2v) is 2.92. The maximum atomic E-state index is 11.0. The Morgan fingerprint density at radius 1 is 1.64 bits per heavy atom. The second kappa shape index (κ2) is 6.09. The third kappa shape index (κ3) is 3.99. The lowest BCUT2D eigenvalue weighted by atomic mass is 10.3. The molecule has 14 heavy (non-hydrogen) atoms. The van der Waals surface area contributed by atoms with Crippen LogP contribution in [0.5, 0.6) is 0 Å². The summed E-state index contributed by atoms with van der Waals surface area (Å²) in [6, 6.07) is 0. The van der Waals surface area contributed by atoms with E-state index in [-0.39, 0.29) is 5.91 Å². The van der Waals surface area contributed by atoms with Crippen LogP contribution in [0.2, 0.25) is 0 Å². The molecule has 0 bridgehead atoms. The molecule has 0 aliphatic carbocycles. The molecule has 0 saturated carbocycles. The second-order valence-electron chi connectivity index (χ2n) is 2.92. The summed E-state index contributed by atoms with van der Waals surface area (Å²) in [5.74, 6) is 0.850. The molecule has 0 aromatic carbocycles. The Labute approximate surface area is 82.3 Å². The first-order valence-corrected chi connectivity index (χ1v) is 4.64. The minimum Gasteiger partial charge on any atom is -0.356 e. The zero-order valence-corrected chi connectivity index (χ0v) is 7.99. The fourth-order valence-corrected chi connectivity index (χ4v) is 1.05. The Morgan fingerprint density at radius 2 is 2.50 bits per heavy atom. The Balaban J connectivity index is 2.02. The molecule has 0 saturated heterocycles. The van der Waals surface area contributed by atoms with Gasteiger partial charge in [0.2, 0.25) is 5.91 Å². The minimum absolute atomic E-state index is 0.00469. The summed E-state index contributed by atoms with van der Waals surface area (Å²) in [5, 5.41) is 9.25. The lowest BCUT2D eigenvalue weighted by Gasteiger charge is -2.02. The van der Waals surface area contributed by atoms with E-state index < -0.39 is 0 Å². The number of amides is 1. The normalized spacial score (nSPS) is 10.1. The molecule has 4 N–H and O–H groups in total. The van der Waals surface area contributed by atoms with E-state index in [1.54, 1.807) is 0 Å². The number of nitrogens with zero attached hydrogens (tertiary/aromatic N) is 2. The van der Waals surface area contributed by atoms with Crippen molar-refractivity contribution in [2.24, 2.45) is 5.73 Å². The first-order valence-electron chi connectivity index (χ1n) is 4.64. The molecule has 6 nitrogen and oxygen atoms in total. The van der Waals surface area contributed by atoms with Gasteiger partial charge >= 0.3 is 0 Å². The zero-order valence-electron chi connectivity index (χ0n) is 7.99. The van der Waals surface area contributed by atoms with Crippen molar-refractivity contribution >= 4 is 5.91 Å². The molecule has 0 aliphatic heterocycles. The first kappa shape index (κ1) is 10.6. The zero-order chi connectivity index (χ0) is 10.2. The van der Waals surface area contributed by atoms with Gasteiger partial charge in [0.15, 0.2) is 0 Å². The Kier molecular flexibility index (Phi) is 4.63. The van der Waals surface area contributed by atoms with Gasteiger partial charge in [-0.25, -0.2) is 4.98 Å². The van der Waals surface area contributed by atoms with E-state index in [9.17, 15) is 4.79 Å². The molecular weight excluding hydrogens is 182 g/mol. The smallest absolute Gasteiger partial charge is 0.221 e. The van der Waals surface area contributed by atoms with Crippen molar-refractivity contribution in [2.45, 2.75) is 19.3 Å². The van der Waals surface area contributed by atoms with Gasteiger partial charge in [-0.05, 0) is 6.42 Å². The van der Waals surface area contributed by atoms with E-state index >= 15 is 0 Å². The van der Waals surface area contributed by atoms with E-state index in [2.05, 4.69) is 20.5 Å². The fraction of sp³-hybridized carbons (Fsp3) is 0.625. The number of rotatable bonds is 6. The topological polar surface area (TPSA) is 96.7 Å². The predicted molar refractivity (Wildman–Crippen MR) is 51.4 cm³/mol. The van der Waals surface area contributed by atoms with Crippen molar-refractivity contribution in [3.8, 4) is 0 Å². The van der Waals surface area contributed by atoms with Gasteiger partial charge < -0.3 is 11.1 Å². The Hall–Kier alpha value is -1.43. The van der Waals surface area contributed by atoms with Crippen LogP contribution in [0.1, 0.15) is 18.7 Å². The lowest BCUT2D eigenvalue weighted by Crippen LogP contribution is -2.26. The average molecular weight is 197 g/mol. The highest BCUT2D eigenvalue weighted by molar-refractivity contribution is 5.75. The number of aromatic nitrogens is 3. The number of hydrogen-bond acceptors (Lipinski definition) is 4. The molecule has 0 radical (unpaired) electrons. The quantitative estimate of drug-likeness (QED) is 0.520. The highest BCUT2D eigenvalue weighted by Crippen LogP contribution is 1.91. The maximum Gasteiger partial charge on any atom is 0.221 e. The number of aryl methyl sites for hydroxylation is 1. The number of H-pyrrole nitrogens is 1. The van der Waals surface area contributed by atoms with Gasteiger partial charge in [-0.2, -0.15) is 5.10 Å². The summed E-state index contributed by atoms with van der Waals surface area (Å²) >= 11 is 0. The van der Waals surface area contributed by atoms with Crippen LogP contribution in [0.15, 0.2) is 6.33 Å². The SMILES string of the molecule is NCCC(=O)NCCCc1ncn[nH]1. The number of nitrogens with two attached hydrogens (primary N) is 1. The Morgan fingerprint density at radius 3 is 3.14 bits per heavy atom. The van der Waals surface area contributed by atoms with E-state index in [1.807, 2.05) is 0 Å². The van der Waals surface area contributed by atoms with Crippen LogP contribution >= 0.6 is 0 Å². The Bertz CT molecular complexity index is 259. The van der Waals surface area contributed by atoms with Crippen LogP contribution in [-0.4, -0.2) is 34.2 Å². The van der Waals surface area contributed by atoms with E-state index in [1.165, 1.54) is 6.33 Å². The van der Waals surface area contributed by atoms with Gasteiger partial charge in [-0.1, -0.05) is 0 Å². The predicted octanol–water partition coefficient (Wildman–Crippen LogP) is -0.798. The monoisotopic (exact) mass is 197 g/mol. The lowest BCUT2D eigenvalue weighted by molar-refractivity contribution is -0.120. The van der Waals surface area contributed by atoms with Crippen molar-refractivity contribution in [1.82, 2.24) is 20.5 Å². The number of aromatic amines is 1. The van der Waals surface area contributed by atoms with Gasteiger partial charge in [-0.3, -0.25) is 9.89 Å². The van der Waals surface area contributed by atoms with Gasteiger partial charge in [0, 0.05) is 25.9 Å². The number of nitrogens with one attached hydrogen (secondary N) is 2.